The Morgan fingerprint density at radius 3 is 2.24 bits per heavy atom. The van der Waals surface area contributed by atoms with E-state index in [1.807, 2.05) is 13.8 Å². The van der Waals surface area contributed by atoms with Crippen LogP contribution in [0.25, 0.3) is 0 Å². The Hall–Kier alpha value is -2.88. The molecule has 1 aromatic rings. The summed E-state index contributed by atoms with van der Waals surface area (Å²) in [7, 11) is 0. The Labute approximate surface area is 147 Å². The van der Waals surface area contributed by atoms with Crippen molar-refractivity contribution >= 4 is 23.5 Å². The molecule has 0 fully saturated rings. The molecule has 1 aromatic carbocycles. The Morgan fingerprint density at radius 1 is 1.12 bits per heavy atom. The van der Waals surface area contributed by atoms with Gasteiger partial charge in [0.05, 0.1) is 11.6 Å². The lowest BCUT2D eigenvalue weighted by Crippen LogP contribution is -2.35. The van der Waals surface area contributed by atoms with Crippen molar-refractivity contribution < 1.29 is 19.1 Å². The van der Waals surface area contributed by atoms with Crippen LogP contribution in [-0.4, -0.2) is 42.4 Å². The van der Waals surface area contributed by atoms with E-state index in [0.29, 0.717) is 18.8 Å². The third-order valence-corrected chi connectivity index (χ3v) is 3.31. The molecule has 0 bridgehead atoms. The van der Waals surface area contributed by atoms with E-state index in [4.69, 9.17) is 10.00 Å². The number of esters is 1. The van der Waals surface area contributed by atoms with Crippen LogP contribution < -0.4 is 5.32 Å². The van der Waals surface area contributed by atoms with Gasteiger partial charge >= 0.3 is 5.97 Å². The highest BCUT2D eigenvalue weighted by Gasteiger charge is 2.15. The van der Waals surface area contributed by atoms with Gasteiger partial charge in [0, 0.05) is 18.8 Å². The number of anilines is 1. The largest absolute Gasteiger partial charge is 0.452 e. The molecule has 0 aliphatic heterocycles. The molecule has 134 valence electrons. The molecular formula is C18H23N3O4. The SMILES string of the molecule is CCCN(CCC)C(=O)COC(=O)c1ccc(NC(=O)CC#N)cc1. The van der Waals surface area contributed by atoms with Crippen LogP contribution >= 0.6 is 0 Å². The van der Waals surface area contributed by atoms with Crippen LogP contribution in [0.4, 0.5) is 5.69 Å². The molecule has 1 rings (SSSR count). The summed E-state index contributed by atoms with van der Waals surface area (Å²) in [6.45, 7) is 4.96. The number of carbonyl (C=O) groups is 3. The molecule has 0 saturated carbocycles. The maximum absolute atomic E-state index is 12.1. The van der Waals surface area contributed by atoms with Gasteiger partial charge in [0.1, 0.15) is 6.42 Å². The number of hydrogen-bond acceptors (Lipinski definition) is 5. The number of rotatable bonds is 9. The molecule has 0 atom stereocenters. The van der Waals surface area contributed by atoms with Crippen molar-refractivity contribution in [3.8, 4) is 6.07 Å². The quantitative estimate of drug-likeness (QED) is 0.693. The van der Waals surface area contributed by atoms with Gasteiger partial charge in [-0.1, -0.05) is 13.8 Å². The van der Waals surface area contributed by atoms with Crippen molar-refractivity contribution in [1.29, 1.82) is 5.26 Å². The highest BCUT2D eigenvalue weighted by Crippen LogP contribution is 2.11. The summed E-state index contributed by atoms with van der Waals surface area (Å²) in [5, 5.41) is 11.0. The molecule has 0 spiro atoms. The summed E-state index contributed by atoms with van der Waals surface area (Å²) in [6, 6.07) is 7.80. The second kappa shape index (κ2) is 10.8. The van der Waals surface area contributed by atoms with Crippen LogP contribution in [0, 0.1) is 11.3 Å². The smallest absolute Gasteiger partial charge is 0.338 e. The van der Waals surface area contributed by atoms with Crippen molar-refractivity contribution in [2.75, 3.05) is 25.0 Å². The standard InChI is InChI=1S/C18H23N3O4/c1-3-11-21(12-4-2)17(23)13-25-18(24)14-5-7-15(8-6-14)20-16(22)9-10-19/h5-8H,3-4,9,11-13H2,1-2H3,(H,20,22). The molecule has 25 heavy (non-hydrogen) atoms. The zero-order chi connectivity index (χ0) is 18.7. The summed E-state index contributed by atoms with van der Waals surface area (Å²) in [5.74, 6) is -1.23. The highest BCUT2D eigenvalue weighted by atomic mass is 16.5. The van der Waals surface area contributed by atoms with Crippen molar-refractivity contribution in [3.63, 3.8) is 0 Å². The molecule has 0 aliphatic carbocycles. The molecule has 7 nitrogen and oxygen atoms in total. The van der Waals surface area contributed by atoms with Gasteiger partial charge in [-0.3, -0.25) is 9.59 Å². The third kappa shape index (κ3) is 7.04. The molecule has 2 amide bonds. The van der Waals surface area contributed by atoms with E-state index in [-0.39, 0.29) is 24.5 Å². The summed E-state index contributed by atoms with van der Waals surface area (Å²) >= 11 is 0. The van der Waals surface area contributed by atoms with Crippen LogP contribution in [0.15, 0.2) is 24.3 Å². The predicted molar refractivity (Wildman–Crippen MR) is 92.7 cm³/mol. The van der Waals surface area contributed by atoms with E-state index in [9.17, 15) is 14.4 Å². The van der Waals surface area contributed by atoms with Crippen LogP contribution in [0.1, 0.15) is 43.5 Å². The maximum atomic E-state index is 12.1. The van der Waals surface area contributed by atoms with Crippen molar-refractivity contribution in [2.45, 2.75) is 33.1 Å². The number of carbonyl (C=O) groups excluding carboxylic acids is 3. The number of hydrogen-bond donors (Lipinski definition) is 1. The topological polar surface area (TPSA) is 99.5 Å². The first kappa shape index (κ1) is 20.2. The van der Waals surface area contributed by atoms with Crippen molar-refractivity contribution in [2.24, 2.45) is 0 Å². The molecule has 0 radical (unpaired) electrons. The average Bonchev–Trinajstić information content (AvgIpc) is 2.60. The van der Waals surface area contributed by atoms with Crippen LogP contribution in [0.2, 0.25) is 0 Å². The summed E-state index contributed by atoms with van der Waals surface area (Å²) in [4.78, 5) is 37.1. The first-order chi connectivity index (χ1) is 12.0. The van der Waals surface area contributed by atoms with E-state index in [2.05, 4.69) is 5.32 Å². The Kier molecular flexibility index (Phi) is 8.72. The van der Waals surface area contributed by atoms with Gasteiger partial charge in [0.2, 0.25) is 5.91 Å². The maximum Gasteiger partial charge on any atom is 0.338 e. The second-order valence-corrected chi connectivity index (χ2v) is 5.42. The normalized spacial score (nSPS) is 9.80. The van der Waals surface area contributed by atoms with Gasteiger partial charge in [-0.05, 0) is 37.1 Å². The van der Waals surface area contributed by atoms with Gasteiger partial charge in [-0.15, -0.1) is 0 Å². The number of nitrogens with zero attached hydrogens (tertiary/aromatic N) is 2. The summed E-state index contributed by atoms with van der Waals surface area (Å²) < 4.78 is 5.06. The van der Waals surface area contributed by atoms with E-state index in [1.165, 1.54) is 24.3 Å². The van der Waals surface area contributed by atoms with Gasteiger partial charge in [0.25, 0.3) is 5.91 Å². The first-order valence-corrected chi connectivity index (χ1v) is 8.23. The number of amides is 2. The van der Waals surface area contributed by atoms with Gasteiger partial charge in [-0.2, -0.15) is 5.26 Å². The van der Waals surface area contributed by atoms with E-state index < -0.39 is 11.9 Å². The molecule has 1 N–H and O–H groups in total. The van der Waals surface area contributed by atoms with Crippen LogP contribution in [0.5, 0.6) is 0 Å². The number of nitrogens with one attached hydrogen (secondary N) is 1. The number of nitriles is 1. The zero-order valence-electron chi connectivity index (χ0n) is 14.6. The zero-order valence-corrected chi connectivity index (χ0v) is 14.6. The van der Waals surface area contributed by atoms with Crippen molar-refractivity contribution in [3.05, 3.63) is 29.8 Å². The summed E-state index contributed by atoms with van der Waals surface area (Å²) in [5.41, 5.74) is 0.758. The fourth-order valence-corrected chi connectivity index (χ4v) is 2.17. The van der Waals surface area contributed by atoms with Crippen LogP contribution in [0.3, 0.4) is 0 Å². The minimum atomic E-state index is -0.601. The number of ether oxygens (including phenoxy) is 1. The third-order valence-electron chi connectivity index (χ3n) is 3.31. The van der Waals surface area contributed by atoms with Gasteiger partial charge in [-0.25, -0.2) is 4.79 Å². The highest BCUT2D eigenvalue weighted by molar-refractivity contribution is 5.94. The molecule has 0 unspecified atom stereocenters. The molecule has 0 aliphatic rings. The lowest BCUT2D eigenvalue weighted by atomic mass is 10.2. The molecule has 0 saturated heterocycles. The fraction of sp³-hybridized carbons (Fsp3) is 0.444. The first-order valence-electron chi connectivity index (χ1n) is 8.23. The lowest BCUT2D eigenvalue weighted by molar-refractivity contribution is -0.134. The van der Waals surface area contributed by atoms with E-state index in [1.54, 1.807) is 11.0 Å². The Balaban J connectivity index is 2.55. The van der Waals surface area contributed by atoms with E-state index in [0.717, 1.165) is 12.8 Å². The second-order valence-electron chi connectivity index (χ2n) is 5.42. The molecule has 7 heteroatoms. The minimum absolute atomic E-state index is 0.211. The van der Waals surface area contributed by atoms with Crippen molar-refractivity contribution in [1.82, 2.24) is 4.90 Å². The Morgan fingerprint density at radius 2 is 1.72 bits per heavy atom. The number of benzene rings is 1. The Bertz CT molecular complexity index is 629. The summed E-state index contributed by atoms with van der Waals surface area (Å²) in [6.07, 6.45) is 1.45. The van der Waals surface area contributed by atoms with Gasteiger partial charge < -0.3 is 15.0 Å². The molecular weight excluding hydrogens is 322 g/mol. The molecule has 0 heterocycles. The predicted octanol–water partition coefficient (Wildman–Crippen LogP) is 2.34. The average molecular weight is 345 g/mol. The minimum Gasteiger partial charge on any atom is -0.452 e. The van der Waals surface area contributed by atoms with E-state index >= 15 is 0 Å². The molecule has 0 aromatic heterocycles. The van der Waals surface area contributed by atoms with Crippen LogP contribution in [-0.2, 0) is 14.3 Å². The lowest BCUT2D eigenvalue weighted by Gasteiger charge is -2.21. The fourth-order valence-electron chi connectivity index (χ4n) is 2.17. The monoisotopic (exact) mass is 345 g/mol. The van der Waals surface area contributed by atoms with Gasteiger partial charge in [0.15, 0.2) is 6.61 Å².